The van der Waals surface area contributed by atoms with Crippen molar-refractivity contribution in [3.8, 4) is 5.75 Å². The fourth-order valence-corrected chi connectivity index (χ4v) is 3.82. The first-order valence-electron chi connectivity index (χ1n) is 10.2. The zero-order valence-electron chi connectivity index (χ0n) is 18.7. The van der Waals surface area contributed by atoms with Gasteiger partial charge in [0.25, 0.3) is 6.47 Å². The van der Waals surface area contributed by atoms with Gasteiger partial charge in [0.2, 0.25) is 11.8 Å². The molecule has 0 aliphatic carbocycles. The van der Waals surface area contributed by atoms with E-state index in [-0.39, 0.29) is 18.3 Å². The van der Waals surface area contributed by atoms with Gasteiger partial charge in [0.1, 0.15) is 5.75 Å². The van der Waals surface area contributed by atoms with Crippen molar-refractivity contribution in [2.75, 3.05) is 40.8 Å². The number of hydrogen-bond acceptors (Lipinski definition) is 6. The molecule has 32 heavy (non-hydrogen) atoms. The lowest BCUT2D eigenvalue weighted by Gasteiger charge is -2.49. The molecule has 1 aromatic carbocycles. The van der Waals surface area contributed by atoms with E-state index in [1.165, 1.54) is 0 Å². The number of rotatable bonds is 8. The van der Waals surface area contributed by atoms with Crippen molar-refractivity contribution in [3.63, 3.8) is 0 Å². The van der Waals surface area contributed by atoms with Gasteiger partial charge in [-0.3, -0.25) is 24.3 Å². The number of likely N-dealkylation sites (tertiary alicyclic amines) is 1. The molecular formula is C23H30N4O5. The first-order valence-corrected chi connectivity index (χ1v) is 10.2. The topological polar surface area (TPSA) is 112 Å². The normalized spacial score (nSPS) is 13.9. The molecule has 172 valence electrons. The van der Waals surface area contributed by atoms with E-state index in [2.05, 4.69) is 10.3 Å². The van der Waals surface area contributed by atoms with Crippen LogP contribution in [0.1, 0.15) is 11.1 Å². The molecule has 0 unspecified atom stereocenters. The van der Waals surface area contributed by atoms with Crippen molar-refractivity contribution in [3.05, 3.63) is 59.9 Å². The molecule has 1 aliphatic rings. The maximum Gasteiger partial charge on any atom is 0.290 e. The van der Waals surface area contributed by atoms with Gasteiger partial charge in [-0.15, -0.1) is 0 Å². The summed E-state index contributed by atoms with van der Waals surface area (Å²) in [6.07, 6.45) is 4.06. The number of pyridine rings is 1. The van der Waals surface area contributed by atoms with Gasteiger partial charge in [0, 0.05) is 39.1 Å². The molecule has 2 heterocycles. The summed E-state index contributed by atoms with van der Waals surface area (Å²) in [6, 6.07) is 11.6. The number of ether oxygens (including phenoxy) is 1. The third kappa shape index (κ3) is 6.52. The number of carboxylic acid groups (broad SMARTS) is 1. The van der Waals surface area contributed by atoms with Crippen LogP contribution in [0.25, 0.3) is 0 Å². The number of carbonyl (C=O) groups is 3. The summed E-state index contributed by atoms with van der Waals surface area (Å²) in [6.45, 7) is 1.58. The number of nitrogens with one attached hydrogen (secondary N) is 1. The average molecular weight is 443 g/mol. The van der Waals surface area contributed by atoms with Crippen molar-refractivity contribution in [2.45, 2.75) is 13.0 Å². The van der Waals surface area contributed by atoms with E-state index in [9.17, 15) is 9.59 Å². The smallest absolute Gasteiger partial charge is 0.290 e. The van der Waals surface area contributed by atoms with E-state index in [0.29, 0.717) is 32.6 Å². The molecule has 1 saturated heterocycles. The standard InChI is InChI=1S/C22H28N4O3.CH2O2/c1-23-21(28)22(12-18-5-4-6-19(11-18)29-3)15-26(16-22)20(27)14-25(2)13-17-7-9-24-10-8-17;2-1-3/h4-11H,12-16H2,1-3H3,(H,23,28);1H,(H,2,3). The maximum absolute atomic E-state index is 12.7. The first kappa shape index (κ1) is 24.8. The molecule has 2 N–H and O–H groups in total. The number of carbonyl (C=O) groups excluding carboxylic acids is 2. The number of nitrogens with zero attached hydrogens (tertiary/aromatic N) is 3. The van der Waals surface area contributed by atoms with Crippen LogP contribution in [0.5, 0.6) is 5.75 Å². The zero-order valence-corrected chi connectivity index (χ0v) is 18.7. The number of hydrogen-bond donors (Lipinski definition) is 2. The number of benzene rings is 1. The van der Waals surface area contributed by atoms with E-state index in [0.717, 1.165) is 16.9 Å². The van der Waals surface area contributed by atoms with E-state index in [4.69, 9.17) is 14.6 Å². The van der Waals surface area contributed by atoms with Gasteiger partial charge in [-0.05, 0) is 48.9 Å². The fourth-order valence-electron chi connectivity index (χ4n) is 3.82. The number of methoxy groups -OCH3 is 1. The van der Waals surface area contributed by atoms with Crippen LogP contribution < -0.4 is 10.1 Å². The molecule has 2 amide bonds. The van der Waals surface area contributed by atoms with Crippen LogP contribution in [0, 0.1) is 5.41 Å². The minimum Gasteiger partial charge on any atom is -0.497 e. The van der Waals surface area contributed by atoms with Crippen molar-refractivity contribution in [2.24, 2.45) is 5.41 Å². The summed E-state index contributed by atoms with van der Waals surface area (Å²) < 4.78 is 5.29. The van der Waals surface area contributed by atoms with Crippen LogP contribution in [0.4, 0.5) is 0 Å². The second-order valence-corrected chi connectivity index (χ2v) is 7.77. The largest absolute Gasteiger partial charge is 0.497 e. The minimum absolute atomic E-state index is 0.0329. The summed E-state index contributed by atoms with van der Waals surface area (Å²) in [7, 11) is 5.18. The monoisotopic (exact) mass is 442 g/mol. The minimum atomic E-state index is -0.597. The summed E-state index contributed by atoms with van der Waals surface area (Å²) >= 11 is 0. The SMILES string of the molecule is CNC(=O)C1(Cc2cccc(OC)c2)CN(C(=O)CN(C)Cc2ccncc2)C1.O=CO. The first-order chi connectivity index (χ1) is 15.4. The third-order valence-electron chi connectivity index (χ3n) is 5.33. The quantitative estimate of drug-likeness (QED) is 0.588. The molecule has 1 fully saturated rings. The predicted octanol–water partition coefficient (Wildman–Crippen LogP) is 1.04. The lowest BCUT2D eigenvalue weighted by atomic mass is 9.73. The highest BCUT2D eigenvalue weighted by atomic mass is 16.5. The Balaban J connectivity index is 0.00000114. The Morgan fingerprint density at radius 2 is 1.91 bits per heavy atom. The van der Waals surface area contributed by atoms with Gasteiger partial charge in [0.15, 0.2) is 0 Å². The highest BCUT2D eigenvalue weighted by molar-refractivity contribution is 5.88. The van der Waals surface area contributed by atoms with E-state index < -0.39 is 5.41 Å². The Morgan fingerprint density at radius 3 is 2.50 bits per heavy atom. The number of amides is 2. The van der Waals surface area contributed by atoms with Crippen LogP contribution in [-0.2, 0) is 27.3 Å². The molecule has 3 rings (SSSR count). The van der Waals surface area contributed by atoms with E-state index in [1.807, 2.05) is 48.3 Å². The van der Waals surface area contributed by atoms with Crippen LogP contribution in [0.3, 0.4) is 0 Å². The van der Waals surface area contributed by atoms with Gasteiger partial charge >= 0.3 is 0 Å². The molecule has 0 atom stereocenters. The lowest BCUT2D eigenvalue weighted by Crippen LogP contribution is -2.66. The summed E-state index contributed by atoms with van der Waals surface area (Å²) in [5.41, 5.74) is 1.53. The Hall–Kier alpha value is -3.46. The Bertz CT molecular complexity index is 900. The molecule has 0 bridgehead atoms. The van der Waals surface area contributed by atoms with Gasteiger partial charge in [-0.2, -0.15) is 0 Å². The van der Waals surface area contributed by atoms with Crippen molar-refractivity contribution in [1.29, 1.82) is 0 Å². The summed E-state index contributed by atoms with van der Waals surface area (Å²) in [5.74, 6) is 0.765. The highest BCUT2D eigenvalue weighted by Crippen LogP contribution is 2.35. The zero-order chi connectivity index (χ0) is 23.6. The second kappa shape index (κ2) is 11.8. The second-order valence-electron chi connectivity index (χ2n) is 7.77. The van der Waals surface area contributed by atoms with Crippen LogP contribution in [0.15, 0.2) is 48.8 Å². The van der Waals surface area contributed by atoms with E-state index >= 15 is 0 Å². The van der Waals surface area contributed by atoms with Gasteiger partial charge in [-0.1, -0.05) is 12.1 Å². The molecule has 9 nitrogen and oxygen atoms in total. The van der Waals surface area contributed by atoms with Gasteiger partial charge in [-0.25, -0.2) is 0 Å². The number of aromatic nitrogens is 1. The van der Waals surface area contributed by atoms with Crippen LogP contribution >= 0.6 is 0 Å². The fraction of sp³-hybridized carbons (Fsp3) is 0.391. The molecule has 2 aromatic rings. The number of likely N-dealkylation sites (N-methyl/N-ethyl adjacent to an activating group) is 1. The highest BCUT2D eigenvalue weighted by Gasteiger charge is 2.50. The molecule has 0 radical (unpaired) electrons. The van der Waals surface area contributed by atoms with E-state index in [1.54, 1.807) is 31.5 Å². The molecule has 1 aliphatic heterocycles. The lowest BCUT2D eigenvalue weighted by molar-refractivity contribution is -0.154. The van der Waals surface area contributed by atoms with Crippen molar-refractivity contribution < 1.29 is 24.2 Å². The van der Waals surface area contributed by atoms with Crippen LogP contribution in [0.2, 0.25) is 0 Å². The molecule has 1 aromatic heterocycles. The molecule has 0 spiro atoms. The Morgan fingerprint density at radius 1 is 1.25 bits per heavy atom. The average Bonchev–Trinajstić information content (AvgIpc) is 2.76. The maximum atomic E-state index is 12.7. The summed E-state index contributed by atoms with van der Waals surface area (Å²) in [5, 5.41) is 9.65. The summed E-state index contributed by atoms with van der Waals surface area (Å²) in [4.78, 5) is 41.4. The van der Waals surface area contributed by atoms with Crippen molar-refractivity contribution >= 4 is 18.3 Å². The Kier molecular flexibility index (Phi) is 9.15. The molecular weight excluding hydrogens is 412 g/mol. The Labute approximate surface area is 188 Å². The van der Waals surface area contributed by atoms with Crippen LogP contribution in [-0.4, -0.2) is 79.0 Å². The van der Waals surface area contributed by atoms with Crippen molar-refractivity contribution in [1.82, 2.24) is 20.1 Å². The molecule has 9 heteroatoms. The van der Waals surface area contributed by atoms with Gasteiger partial charge in [0.05, 0.1) is 19.1 Å². The molecule has 0 saturated carbocycles. The van der Waals surface area contributed by atoms with Gasteiger partial charge < -0.3 is 20.1 Å². The third-order valence-corrected chi connectivity index (χ3v) is 5.33. The predicted molar refractivity (Wildman–Crippen MR) is 119 cm³/mol.